The van der Waals surface area contributed by atoms with E-state index in [1.807, 2.05) is 30.3 Å². The molecule has 1 atom stereocenters. The lowest BCUT2D eigenvalue weighted by atomic mass is 10.1. The molecule has 2 aromatic carbocycles. The second-order valence-corrected chi connectivity index (χ2v) is 9.54. The van der Waals surface area contributed by atoms with Gasteiger partial charge in [0.05, 0.1) is 12.3 Å². The highest BCUT2D eigenvalue weighted by atomic mass is 32.2. The summed E-state index contributed by atoms with van der Waals surface area (Å²) in [4.78, 5) is 50.0. The summed E-state index contributed by atoms with van der Waals surface area (Å²) in [6.45, 7) is 5.45. The monoisotopic (exact) mass is 469 g/mol. The maximum atomic E-state index is 13.0. The van der Waals surface area contributed by atoms with Crippen molar-refractivity contribution in [2.75, 3.05) is 11.1 Å². The number of ether oxygens (including phenoxy) is 1. The van der Waals surface area contributed by atoms with Crippen molar-refractivity contribution in [1.82, 2.24) is 10.2 Å². The molecule has 2 aromatic rings. The molecule has 1 saturated heterocycles. The van der Waals surface area contributed by atoms with E-state index in [1.165, 1.54) is 4.90 Å². The Morgan fingerprint density at radius 1 is 1.03 bits per heavy atom. The van der Waals surface area contributed by atoms with Crippen LogP contribution in [0, 0.1) is 0 Å². The number of nitrogens with one attached hydrogen (secondary N) is 2. The summed E-state index contributed by atoms with van der Waals surface area (Å²) >= 11 is 0.992. The molecule has 8 nitrogen and oxygen atoms in total. The lowest BCUT2D eigenvalue weighted by Crippen LogP contribution is -2.47. The number of rotatable bonds is 7. The number of alkyl carbamates (subject to hydrolysis) is 1. The topological polar surface area (TPSA) is 105 Å². The molecule has 2 N–H and O–H groups in total. The molecule has 4 amide bonds. The van der Waals surface area contributed by atoms with Crippen LogP contribution in [0.3, 0.4) is 0 Å². The minimum absolute atomic E-state index is 0.167. The quantitative estimate of drug-likeness (QED) is 0.636. The zero-order valence-electron chi connectivity index (χ0n) is 18.8. The van der Waals surface area contributed by atoms with Crippen LogP contribution in [0.2, 0.25) is 0 Å². The lowest BCUT2D eigenvalue weighted by molar-refractivity contribution is -0.125. The number of imide groups is 1. The first-order chi connectivity index (χ1) is 15.6. The number of carbonyl (C=O) groups excluding carboxylic acids is 4. The number of hydrogen-bond donors (Lipinski definition) is 2. The SMILES string of the molecule is CC(C)(C)OC(=O)NC(Cc1ccccc1)C(=O)Nc1ccc(CN2C(=O)CSC2=O)cc1. The molecule has 3 rings (SSSR count). The molecule has 0 aromatic heterocycles. The minimum Gasteiger partial charge on any atom is -0.444 e. The molecule has 1 fully saturated rings. The Hall–Kier alpha value is -3.33. The molecule has 1 heterocycles. The highest BCUT2D eigenvalue weighted by molar-refractivity contribution is 8.14. The van der Waals surface area contributed by atoms with Gasteiger partial charge in [-0.25, -0.2) is 4.79 Å². The van der Waals surface area contributed by atoms with Crippen molar-refractivity contribution in [3.8, 4) is 0 Å². The molecule has 1 aliphatic rings. The smallest absolute Gasteiger partial charge is 0.408 e. The van der Waals surface area contributed by atoms with E-state index >= 15 is 0 Å². The van der Waals surface area contributed by atoms with Crippen LogP contribution in [0.15, 0.2) is 54.6 Å². The highest BCUT2D eigenvalue weighted by Gasteiger charge is 2.30. The molecule has 0 spiro atoms. The van der Waals surface area contributed by atoms with Crippen molar-refractivity contribution in [1.29, 1.82) is 0 Å². The van der Waals surface area contributed by atoms with E-state index in [4.69, 9.17) is 4.74 Å². The molecule has 33 heavy (non-hydrogen) atoms. The molecule has 0 radical (unpaired) electrons. The average Bonchev–Trinajstić information content (AvgIpc) is 3.06. The molecule has 0 saturated carbocycles. The summed E-state index contributed by atoms with van der Waals surface area (Å²) in [5, 5.41) is 5.21. The van der Waals surface area contributed by atoms with Crippen LogP contribution in [0.1, 0.15) is 31.9 Å². The van der Waals surface area contributed by atoms with Crippen molar-refractivity contribution in [3.63, 3.8) is 0 Å². The zero-order chi connectivity index (χ0) is 24.0. The molecular formula is C24H27N3O5S. The van der Waals surface area contributed by atoms with E-state index in [-0.39, 0.29) is 23.4 Å². The van der Waals surface area contributed by atoms with Crippen molar-refractivity contribution in [2.24, 2.45) is 0 Å². The number of hydrogen-bond acceptors (Lipinski definition) is 6. The summed E-state index contributed by atoms with van der Waals surface area (Å²) in [6, 6.07) is 15.4. The van der Waals surface area contributed by atoms with Crippen LogP contribution >= 0.6 is 11.8 Å². The number of benzene rings is 2. The van der Waals surface area contributed by atoms with Gasteiger partial charge in [0.15, 0.2) is 0 Å². The Labute approximate surface area is 197 Å². The third-order valence-electron chi connectivity index (χ3n) is 4.69. The molecule has 1 aliphatic heterocycles. The Bertz CT molecular complexity index is 1000. The highest BCUT2D eigenvalue weighted by Crippen LogP contribution is 2.22. The fourth-order valence-corrected chi connectivity index (χ4v) is 3.87. The van der Waals surface area contributed by atoms with Crippen molar-refractivity contribution >= 4 is 40.6 Å². The normalized spacial score (nSPS) is 14.7. The summed E-state index contributed by atoms with van der Waals surface area (Å²) in [6.07, 6.45) is -0.382. The van der Waals surface area contributed by atoms with E-state index < -0.39 is 23.6 Å². The summed E-state index contributed by atoms with van der Waals surface area (Å²) in [7, 11) is 0. The zero-order valence-corrected chi connectivity index (χ0v) is 19.6. The van der Waals surface area contributed by atoms with Gasteiger partial charge in [0.25, 0.3) is 5.24 Å². The average molecular weight is 470 g/mol. The van der Waals surface area contributed by atoms with Gasteiger partial charge in [0, 0.05) is 12.1 Å². The van der Waals surface area contributed by atoms with Gasteiger partial charge in [0.2, 0.25) is 11.8 Å². The first kappa shape index (κ1) is 24.3. The minimum atomic E-state index is -0.848. The van der Waals surface area contributed by atoms with Gasteiger partial charge in [-0.2, -0.15) is 0 Å². The second-order valence-electron chi connectivity index (χ2n) is 8.61. The number of thioether (sulfide) groups is 1. The van der Waals surface area contributed by atoms with Gasteiger partial charge in [-0.1, -0.05) is 54.2 Å². The predicted molar refractivity (Wildman–Crippen MR) is 127 cm³/mol. The van der Waals surface area contributed by atoms with Crippen LogP contribution in [0.4, 0.5) is 15.3 Å². The van der Waals surface area contributed by atoms with E-state index in [9.17, 15) is 19.2 Å². The van der Waals surface area contributed by atoms with E-state index in [2.05, 4.69) is 10.6 Å². The van der Waals surface area contributed by atoms with Gasteiger partial charge < -0.3 is 15.4 Å². The van der Waals surface area contributed by atoms with Crippen molar-refractivity contribution in [3.05, 3.63) is 65.7 Å². The van der Waals surface area contributed by atoms with E-state index in [1.54, 1.807) is 45.0 Å². The Morgan fingerprint density at radius 3 is 2.27 bits per heavy atom. The van der Waals surface area contributed by atoms with Gasteiger partial charge in [0.1, 0.15) is 11.6 Å². The first-order valence-corrected chi connectivity index (χ1v) is 11.5. The van der Waals surface area contributed by atoms with Crippen LogP contribution in [-0.4, -0.2) is 45.4 Å². The molecule has 0 aliphatic carbocycles. The summed E-state index contributed by atoms with van der Waals surface area (Å²) in [5.41, 5.74) is 1.50. The Kier molecular flexibility index (Phi) is 7.75. The molecular weight excluding hydrogens is 442 g/mol. The number of anilines is 1. The van der Waals surface area contributed by atoms with Crippen LogP contribution in [0.5, 0.6) is 0 Å². The number of nitrogens with zero attached hydrogens (tertiary/aromatic N) is 1. The number of amides is 4. The first-order valence-electron chi connectivity index (χ1n) is 10.5. The Morgan fingerprint density at radius 2 is 1.70 bits per heavy atom. The standard InChI is InChI=1S/C24H27N3O5S/c1-24(2,3)32-22(30)26-19(13-16-7-5-4-6-8-16)21(29)25-18-11-9-17(10-12-18)14-27-20(28)15-33-23(27)31/h4-12,19H,13-15H2,1-3H3,(H,25,29)(H,26,30). The van der Waals surface area contributed by atoms with Crippen LogP contribution in [0.25, 0.3) is 0 Å². The third-order valence-corrected chi connectivity index (χ3v) is 5.55. The predicted octanol–water partition coefficient (Wildman–Crippen LogP) is 3.96. The largest absolute Gasteiger partial charge is 0.444 e. The van der Waals surface area contributed by atoms with E-state index in [0.717, 1.165) is 22.9 Å². The molecule has 0 bridgehead atoms. The molecule has 9 heteroatoms. The van der Waals surface area contributed by atoms with Gasteiger partial charge in [-0.15, -0.1) is 0 Å². The summed E-state index contributed by atoms with van der Waals surface area (Å²) in [5.74, 6) is -0.432. The maximum Gasteiger partial charge on any atom is 0.408 e. The van der Waals surface area contributed by atoms with Crippen LogP contribution < -0.4 is 10.6 Å². The van der Waals surface area contributed by atoms with Gasteiger partial charge in [-0.3, -0.25) is 19.3 Å². The summed E-state index contributed by atoms with van der Waals surface area (Å²) < 4.78 is 5.31. The lowest BCUT2D eigenvalue weighted by Gasteiger charge is -2.23. The van der Waals surface area contributed by atoms with Gasteiger partial charge >= 0.3 is 6.09 Å². The number of carbonyl (C=O) groups is 4. The third kappa shape index (κ3) is 7.35. The fourth-order valence-electron chi connectivity index (χ4n) is 3.15. The van der Waals surface area contributed by atoms with Crippen LogP contribution in [-0.2, 0) is 27.3 Å². The van der Waals surface area contributed by atoms with Crippen molar-refractivity contribution < 1.29 is 23.9 Å². The fraction of sp³-hybridized carbons (Fsp3) is 0.333. The Balaban J connectivity index is 1.66. The van der Waals surface area contributed by atoms with E-state index in [0.29, 0.717) is 12.1 Å². The van der Waals surface area contributed by atoms with Gasteiger partial charge in [-0.05, 0) is 44.0 Å². The maximum absolute atomic E-state index is 13.0. The second kappa shape index (κ2) is 10.5. The molecule has 1 unspecified atom stereocenters. The molecule has 174 valence electrons. The van der Waals surface area contributed by atoms with Crippen molar-refractivity contribution in [2.45, 2.75) is 45.4 Å².